The Morgan fingerprint density at radius 2 is 2.11 bits per heavy atom. The van der Waals surface area contributed by atoms with Crippen LogP contribution in [0.3, 0.4) is 0 Å². The predicted octanol–water partition coefficient (Wildman–Crippen LogP) is 2.01. The minimum Gasteiger partial charge on any atom is -0.480 e. The normalized spacial score (nSPS) is 11.7. The van der Waals surface area contributed by atoms with Gasteiger partial charge in [-0.3, -0.25) is 0 Å². The van der Waals surface area contributed by atoms with Crippen LogP contribution in [-0.4, -0.2) is 34.9 Å². The number of aliphatic hydroxyl groups excluding tert-OH is 1. The molecule has 0 aromatic heterocycles. The molecule has 0 unspecified atom stereocenters. The van der Waals surface area contributed by atoms with E-state index in [1.165, 1.54) is 0 Å². The van der Waals surface area contributed by atoms with Crippen LogP contribution in [-0.2, 0) is 4.79 Å². The standard InChI is InChI=1S/C11H12BrIN2O4/c12-6-1-2-7(13)9(5-6)15-11(19)14-8(3-4-16)10(17)18/h1-2,5,8,16H,3-4H2,(H,17,18)(H2,14,15,19)/t8-/m1/s1. The molecule has 4 N–H and O–H groups in total. The maximum Gasteiger partial charge on any atom is 0.326 e. The highest BCUT2D eigenvalue weighted by atomic mass is 127. The first-order valence-corrected chi connectivity index (χ1v) is 7.17. The van der Waals surface area contributed by atoms with Crippen LogP contribution in [0, 0.1) is 3.57 Å². The van der Waals surface area contributed by atoms with Crippen molar-refractivity contribution in [2.75, 3.05) is 11.9 Å². The Kier molecular flexibility index (Phi) is 6.52. The molecule has 1 aromatic rings. The molecule has 1 aromatic carbocycles. The van der Waals surface area contributed by atoms with Crippen molar-refractivity contribution >= 4 is 56.2 Å². The van der Waals surface area contributed by atoms with Gasteiger partial charge in [-0.15, -0.1) is 0 Å². The molecule has 0 aliphatic rings. The van der Waals surface area contributed by atoms with Gasteiger partial charge in [0.2, 0.25) is 0 Å². The van der Waals surface area contributed by atoms with Crippen molar-refractivity contribution in [3.63, 3.8) is 0 Å². The molecule has 0 heterocycles. The zero-order chi connectivity index (χ0) is 14.4. The number of carbonyl (C=O) groups excluding carboxylic acids is 1. The molecule has 0 spiro atoms. The quantitative estimate of drug-likeness (QED) is 0.524. The maximum atomic E-state index is 11.7. The number of nitrogens with one attached hydrogen (secondary N) is 2. The molecule has 0 aliphatic carbocycles. The van der Waals surface area contributed by atoms with E-state index in [1.54, 1.807) is 6.07 Å². The van der Waals surface area contributed by atoms with Crippen LogP contribution in [0.4, 0.5) is 10.5 Å². The number of amides is 2. The Hall–Kier alpha value is -0.870. The highest BCUT2D eigenvalue weighted by molar-refractivity contribution is 14.1. The van der Waals surface area contributed by atoms with Gasteiger partial charge in [-0.2, -0.15) is 0 Å². The molecule has 0 saturated carbocycles. The summed E-state index contributed by atoms with van der Waals surface area (Å²) in [6.45, 7) is -0.314. The van der Waals surface area contributed by atoms with Crippen LogP contribution in [0.5, 0.6) is 0 Å². The van der Waals surface area contributed by atoms with E-state index < -0.39 is 18.0 Å². The van der Waals surface area contributed by atoms with Crippen molar-refractivity contribution in [1.82, 2.24) is 5.32 Å². The van der Waals surface area contributed by atoms with Crippen LogP contribution in [0.2, 0.25) is 0 Å². The van der Waals surface area contributed by atoms with Gasteiger partial charge >= 0.3 is 12.0 Å². The van der Waals surface area contributed by atoms with Crippen LogP contribution >= 0.6 is 38.5 Å². The number of aliphatic hydroxyl groups is 1. The number of carboxylic acid groups (broad SMARTS) is 1. The molecular weight excluding hydrogens is 431 g/mol. The van der Waals surface area contributed by atoms with Gasteiger partial charge in [0, 0.05) is 21.1 Å². The number of rotatable bonds is 5. The summed E-state index contributed by atoms with van der Waals surface area (Å²) in [6, 6.07) is 3.61. The number of hydrogen-bond donors (Lipinski definition) is 4. The van der Waals surface area contributed by atoms with E-state index in [0.717, 1.165) is 8.04 Å². The lowest BCUT2D eigenvalue weighted by Gasteiger charge is -2.14. The van der Waals surface area contributed by atoms with E-state index in [2.05, 4.69) is 49.2 Å². The van der Waals surface area contributed by atoms with Crippen LogP contribution in [0.1, 0.15) is 6.42 Å². The lowest BCUT2D eigenvalue weighted by atomic mass is 10.2. The molecule has 0 fully saturated rings. The molecule has 104 valence electrons. The molecule has 1 atom stereocenters. The Morgan fingerprint density at radius 3 is 2.68 bits per heavy atom. The molecule has 8 heteroatoms. The first-order valence-electron chi connectivity index (χ1n) is 5.30. The number of carbonyl (C=O) groups is 2. The number of halogens is 2. The second kappa shape index (κ2) is 7.65. The summed E-state index contributed by atoms with van der Waals surface area (Å²) in [5.41, 5.74) is 0.570. The van der Waals surface area contributed by atoms with Crippen molar-refractivity contribution < 1.29 is 19.8 Å². The average molecular weight is 443 g/mol. The number of carboxylic acids is 1. The number of anilines is 1. The van der Waals surface area contributed by atoms with E-state index in [-0.39, 0.29) is 13.0 Å². The highest BCUT2D eigenvalue weighted by Crippen LogP contribution is 2.22. The number of hydrogen-bond acceptors (Lipinski definition) is 3. The molecule has 1 rings (SSSR count). The van der Waals surface area contributed by atoms with Gasteiger partial charge in [0.25, 0.3) is 0 Å². The fourth-order valence-electron chi connectivity index (χ4n) is 1.30. The zero-order valence-electron chi connectivity index (χ0n) is 9.69. The van der Waals surface area contributed by atoms with Gasteiger partial charge < -0.3 is 20.8 Å². The number of aliphatic carboxylic acids is 1. The highest BCUT2D eigenvalue weighted by Gasteiger charge is 2.19. The third-order valence-electron chi connectivity index (χ3n) is 2.20. The predicted molar refractivity (Wildman–Crippen MR) is 82.1 cm³/mol. The Labute approximate surface area is 131 Å². The molecule has 6 nitrogen and oxygen atoms in total. The molecule has 0 radical (unpaired) electrons. The van der Waals surface area contributed by atoms with Crippen molar-refractivity contribution in [3.8, 4) is 0 Å². The van der Waals surface area contributed by atoms with Crippen LogP contribution in [0.25, 0.3) is 0 Å². The second-order valence-corrected chi connectivity index (χ2v) is 5.70. The van der Waals surface area contributed by atoms with E-state index in [4.69, 9.17) is 10.2 Å². The van der Waals surface area contributed by atoms with Gasteiger partial charge in [-0.05, 0) is 40.8 Å². The van der Waals surface area contributed by atoms with Crippen molar-refractivity contribution in [1.29, 1.82) is 0 Å². The first-order chi connectivity index (χ1) is 8.93. The number of benzene rings is 1. The molecule has 0 saturated heterocycles. The average Bonchev–Trinajstić information content (AvgIpc) is 2.33. The van der Waals surface area contributed by atoms with E-state index in [1.807, 2.05) is 12.1 Å². The smallest absolute Gasteiger partial charge is 0.326 e. The molecule has 0 bridgehead atoms. The number of urea groups is 1. The third-order valence-corrected chi connectivity index (χ3v) is 3.63. The Morgan fingerprint density at radius 1 is 1.42 bits per heavy atom. The second-order valence-electron chi connectivity index (χ2n) is 3.63. The van der Waals surface area contributed by atoms with Gasteiger partial charge in [-0.25, -0.2) is 9.59 Å². The molecule has 0 aliphatic heterocycles. The summed E-state index contributed by atoms with van der Waals surface area (Å²) in [6.07, 6.45) is -0.0433. The summed E-state index contributed by atoms with van der Waals surface area (Å²) in [5.74, 6) is -1.19. The van der Waals surface area contributed by atoms with E-state index in [9.17, 15) is 9.59 Å². The summed E-state index contributed by atoms with van der Waals surface area (Å²) < 4.78 is 1.62. The van der Waals surface area contributed by atoms with E-state index >= 15 is 0 Å². The monoisotopic (exact) mass is 442 g/mol. The molecule has 2 amide bonds. The fraction of sp³-hybridized carbons (Fsp3) is 0.273. The lowest BCUT2D eigenvalue weighted by Crippen LogP contribution is -2.43. The largest absolute Gasteiger partial charge is 0.480 e. The Balaban J connectivity index is 2.68. The lowest BCUT2D eigenvalue weighted by molar-refractivity contribution is -0.139. The topological polar surface area (TPSA) is 98.7 Å². The van der Waals surface area contributed by atoms with Gasteiger partial charge in [0.05, 0.1) is 5.69 Å². The fourth-order valence-corrected chi connectivity index (χ4v) is 2.13. The first kappa shape index (κ1) is 16.2. The van der Waals surface area contributed by atoms with Crippen molar-refractivity contribution in [3.05, 3.63) is 26.2 Å². The van der Waals surface area contributed by atoms with Crippen molar-refractivity contribution in [2.45, 2.75) is 12.5 Å². The van der Waals surface area contributed by atoms with Gasteiger partial charge in [0.1, 0.15) is 6.04 Å². The van der Waals surface area contributed by atoms with Crippen molar-refractivity contribution in [2.24, 2.45) is 0 Å². The van der Waals surface area contributed by atoms with E-state index in [0.29, 0.717) is 5.69 Å². The Bertz CT molecular complexity index is 484. The summed E-state index contributed by atoms with van der Waals surface area (Å²) in [7, 11) is 0. The molecule has 19 heavy (non-hydrogen) atoms. The zero-order valence-corrected chi connectivity index (χ0v) is 13.4. The van der Waals surface area contributed by atoms with Gasteiger partial charge in [-0.1, -0.05) is 15.9 Å². The summed E-state index contributed by atoms with van der Waals surface area (Å²) >= 11 is 5.34. The van der Waals surface area contributed by atoms with Gasteiger partial charge in [0.15, 0.2) is 0 Å². The minimum absolute atomic E-state index is 0.0433. The van der Waals surface area contributed by atoms with Crippen LogP contribution in [0.15, 0.2) is 22.7 Å². The SMILES string of the molecule is O=C(Nc1cc(Br)ccc1I)N[C@H](CCO)C(=O)O. The summed E-state index contributed by atoms with van der Waals surface area (Å²) in [5, 5.41) is 22.4. The maximum absolute atomic E-state index is 11.7. The summed E-state index contributed by atoms with van der Waals surface area (Å²) in [4.78, 5) is 22.5. The van der Waals surface area contributed by atoms with Crippen LogP contribution < -0.4 is 10.6 Å². The molecular formula is C11H12BrIN2O4. The minimum atomic E-state index is -1.19. The third kappa shape index (κ3) is 5.33.